The minimum Gasteiger partial charge on any atom is -0.379 e. The second-order valence-corrected chi connectivity index (χ2v) is 9.78. The molecule has 45 heavy (non-hydrogen) atoms. The van der Waals surface area contributed by atoms with Crippen LogP contribution in [-0.4, -0.2) is 155 Å². The van der Waals surface area contributed by atoms with Crippen molar-refractivity contribution in [2.24, 2.45) is 0 Å². The van der Waals surface area contributed by atoms with Crippen LogP contribution in [0.3, 0.4) is 0 Å². The van der Waals surface area contributed by atoms with Gasteiger partial charge in [0.15, 0.2) is 0 Å². The van der Waals surface area contributed by atoms with Gasteiger partial charge in [0.05, 0.1) is 143 Å². The van der Waals surface area contributed by atoms with E-state index in [1.54, 1.807) is 24.3 Å². The van der Waals surface area contributed by atoms with E-state index in [0.717, 1.165) is 19.4 Å². The standard InChI is InChI=1S/C32H53NO12/c1-2-3-9-36-11-13-38-15-17-40-19-21-42-23-25-44-27-28-45-26-24-43-22-20-41-18-16-39-14-12-37-10-8-33-31(34)29-6-4-5-7-30(29)32(33)35/h4-7H,2-3,8-28H2,1H3. The van der Waals surface area contributed by atoms with Crippen molar-refractivity contribution in [1.29, 1.82) is 0 Å². The van der Waals surface area contributed by atoms with Crippen LogP contribution in [-0.2, 0) is 47.4 Å². The molecule has 2 rings (SSSR count). The van der Waals surface area contributed by atoms with Crippen LogP contribution in [0.4, 0.5) is 0 Å². The Hall–Kier alpha value is -2.04. The molecule has 0 aliphatic carbocycles. The molecular weight excluding hydrogens is 590 g/mol. The molecule has 13 heteroatoms. The van der Waals surface area contributed by atoms with Crippen LogP contribution in [0.25, 0.3) is 0 Å². The van der Waals surface area contributed by atoms with Gasteiger partial charge in [-0.15, -0.1) is 0 Å². The molecule has 0 atom stereocenters. The van der Waals surface area contributed by atoms with Crippen LogP contribution >= 0.6 is 0 Å². The van der Waals surface area contributed by atoms with Gasteiger partial charge in [-0.05, 0) is 18.6 Å². The van der Waals surface area contributed by atoms with Crippen LogP contribution in [0.2, 0.25) is 0 Å². The van der Waals surface area contributed by atoms with Gasteiger partial charge >= 0.3 is 0 Å². The van der Waals surface area contributed by atoms with Crippen LogP contribution in [0.1, 0.15) is 40.5 Å². The summed E-state index contributed by atoms with van der Waals surface area (Å²) in [5.41, 5.74) is 0.888. The molecule has 13 nitrogen and oxygen atoms in total. The molecule has 0 saturated heterocycles. The lowest BCUT2D eigenvalue weighted by Gasteiger charge is -2.13. The maximum absolute atomic E-state index is 12.3. The molecule has 1 aliphatic rings. The van der Waals surface area contributed by atoms with Crippen molar-refractivity contribution in [3.63, 3.8) is 0 Å². The number of imide groups is 1. The number of benzene rings is 1. The molecule has 1 heterocycles. The molecule has 1 aromatic rings. The van der Waals surface area contributed by atoms with Gasteiger partial charge in [0.25, 0.3) is 11.8 Å². The van der Waals surface area contributed by atoms with E-state index in [4.69, 9.17) is 47.4 Å². The van der Waals surface area contributed by atoms with E-state index in [1.807, 2.05) is 0 Å². The highest BCUT2D eigenvalue weighted by molar-refractivity contribution is 6.21. The third kappa shape index (κ3) is 19.3. The van der Waals surface area contributed by atoms with Gasteiger partial charge in [0.1, 0.15) is 0 Å². The highest BCUT2D eigenvalue weighted by Gasteiger charge is 2.34. The molecule has 0 spiro atoms. The number of rotatable bonds is 33. The lowest BCUT2D eigenvalue weighted by atomic mass is 10.1. The summed E-state index contributed by atoms with van der Waals surface area (Å²) in [6, 6.07) is 6.82. The summed E-state index contributed by atoms with van der Waals surface area (Å²) in [4.78, 5) is 25.8. The zero-order valence-corrected chi connectivity index (χ0v) is 26.9. The quantitative estimate of drug-likeness (QED) is 0.0823. The van der Waals surface area contributed by atoms with Crippen molar-refractivity contribution in [3.8, 4) is 0 Å². The molecule has 1 aromatic carbocycles. The number of unbranched alkanes of at least 4 members (excludes halogenated alkanes) is 1. The number of hydrogen-bond acceptors (Lipinski definition) is 12. The zero-order valence-electron chi connectivity index (χ0n) is 26.9. The average Bonchev–Trinajstić information content (AvgIpc) is 3.30. The Morgan fingerprint density at radius 3 is 0.978 bits per heavy atom. The lowest BCUT2D eigenvalue weighted by Crippen LogP contribution is -2.33. The predicted octanol–water partition coefficient (Wildman–Crippen LogP) is 2.25. The first-order chi connectivity index (χ1) is 22.3. The first kappa shape index (κ1) is 39.1. The van der Waals surface area contributed by atoms with Gasteiger partial charge in [-0.3, -0.25) is 14.5 Å². The molecule has 258 valence electrons. The highest BCUT2D eigenvalue weighted by Crippen LogP contribution is 2.21. The SMILES string of the molecule is CCCCOCCOCCOCCOCCOCCOCCOCCOCCOCCOCCN1C(=O)c2ccccc2C1=O. The van der Waals surface area contributed by atoms with Crippen molar-refractivity contribution in [2.75, 3.05) is 139 Å². The Morgan fingerprint density at radius 2 is 0.689 bits per heavy atom. The summed E-state index contributed by atoms with van der Waals surface area (Å²) in [6.07, 6.45) is 2.23. The van der Waals surface area contributed by atoms with E-state index >= 15 is 0 Å². The Labute approximate surface area is 267 Å². The Balaban J connectivity index is 1.19. The van der Waals surface area contributed by atoms with Crippen molar-refractivity contribution in [2.45, 2.75) is 19.8 Å². The summed E-state index contributed by atoms with van der Waals surface area (Å²) in [5.74, 6) is -0.551. The van der Waals surface area contributed by atoms with Gasteiger partial charge in [0, 0.05) is 6.61 Å². The number of nitrogens with zero attached hydrogens (tertiary/aromatic N) is 1. The first-order valence-electron chi connectivity index (χ1n) is 16.0. The van der Waals surface area contributed by atoms with Crippen molar-refractivity contribution < 1.29 is 57.0 Å². The molecule has 0 unspecified atom stereocenters. The van der Waals surface area contributed by atoms with Crippen molar-refractivity contribution in [3.05, 3.63) is 35.4 Å². The van der Waals surface area contributed by atoms with E-state index in [0.29, 0.717) is 130 Å². The average molecular weight is 644 g/mol. The second-order valence-electron chi connectivity index (χ2n) is 9.78. The van der Waals surface area contributed by atoms with E-state index in [1.165, 1.54) is 4.90 Å². The summed E-state index contributed by atoms with van der Waals surface area (Å²) >= 11 is 0. The minimum atomic E-state index is -0.275. The monoisotopic (exact) mass is 643 g/mol. The Kier molecular flexibility index (Phi) is 24.5. The minimum absolute atomic E-state index is 0.217. The van der Waals surface area contributed by atoms with Gasteiger partial charge in [-0.25, -0.2) is 0 Å². The second kappa shape index (κ2) is 28.2. The predicted molar refractivity (Wildman–Crippen MR) is 165 cm³/mol. The number of hydrogen-bond donors (Lipinski definition) is 0. The van der Waals surface area contributed by atoms with Crippen molar-refractivity contribution in [1.82, 2.24) is 4.90 Å². The molecule has 0 bridgehead atoms. The van der Waals surface area contributed by atoms with Crippen LogP contribution in [0.15, 0.2) is 24.3 Å². The Bertz CT molecular complexity index is 839. The van der Waals surface area contributed by atoms with Gasteiger partial charge < -0.3 is 47.4 Å². The smallest absolute Gasteiger partial charge is 0.261 e. The van der Waals surface area contributed by atoms with E-state index in [-0.39, 0.29) is 25.0 Å². The Morgan fingerprint density at radius 1 is 0.422 bits per heavy atom. The maximum Gasteiger partial charge on any atom is 0.261 e. The fourth-order valence-corrected chi connectivity index (χ4v) is 3.93. The van der Waals surface area contributed by atoms with Gasteiger partial charge in [0.2, 0.25) is 0 Å². The topological polar surface area (TPSA) is 130 Å². The molecule has 0 aromatic heterocycles. The fourth-order valence-electron chi connectivity index (χ4n) is 3.93. The van der Waals surface area contributed by atoms with Crippen LogP contribution in [0, 0.1) is 0 Å². The number of ether oxygens (including phenoxy) is 10. The van der Waals surface area contributed by atoms with Crippen molar-refractivity contribution >= 4 is 11.8 Å². The van der Waals surface area contributed by atoms with Crippen LogP contribution < -0.4 is 0 Å². The van der Waals surface area contributed by atoms with Gasteiger partial charge in [-0.1, -0.05) is 25.5 Å². The maximum atomic E-state index is 12.3. The molecule has 0 radical (unpaired) electrons. The first-order valence-corrected chi connectivity index (χ1v) is 16.0. The molecule has 0 saturated carbocycles. The molecular formula is C32H53NO12. The molecule has 1 aliphatic heterocycles. The number of amides is 2. The van der Waals surface area contributed by atoms with Crippen LogP contribution in [0.5, 0.6) is 0 Å². The number of carbonyl (C=O) groups is 2. The summed E-state index contributed by atoms with van der Waals surface area (Å²) in [7, 11) is 0. The van der Waals surface area contributed by atoms with E-state index in [2.05, 4.69) is 6.92 Å². The third-order valence-corrected chi connectivity index (χ3v) is 6.33. The number of carbonyl (C=O) groups excluding carboxylic acids is 2. The summed E-state index contributed by atoms with van der Waals surface area (Å²) in [5, 5.41) is 0. The number of fused-ring (bicyclic) bond motifs is 1. The molecule has 0 N–H and O–H groups in total. The van der Waals surface area contributed by atoms with E-state index < -0.39 is 0 Å². The summed E-state index contributed by atoms with van der Waals surface area (Å²) < 4.78 is 54.6. The normalized spacial score (nSPS) is 12.9. The largest absolute Gasteiger partial charge is 0.379 e. The molecule has 2 amide bonds. The highest BCUT2D eigenvalue weighted by atomic mass is 16.6. The van der Waals surface area contributed by atoms with E-state index in [9.17, 15) is 9.59 Å². The summed E-state index contributed by atoms with van der Waals surface area (Å²) in [6.45, 7) is 12.4. The lowest BCUT2D eigenvalue weighted by molar-refractivity contribution is -0.0265. The molecule has 0 fully saturated rings. The zero-order chi connectivity index (χ0) is 32.0. The van der Waals surface area contributed by atoms with Gasteiger partial charge in [-0.2, -0.15) is 0 Å². The third-order valence-electron chi connectivity index (χ3n) is 6.33. The fraction of sp³-hybridized carbons (Fsp3) is 0.750.